The molecule has 0 saturated heterocycles. The maximum absolute atomic E-state index is 13.5. The molecule has 0 saturated carbocycles. The summed E-state index contributed by atoms with van der Waals surface area (Å²) in [6.45, 7) is 8.40. The minimum atomic E-state index is -0.292. The van der Waals surface area contributed by atoms with E-state index in [0.717, 1.165) is 24.2 Å². The first-order valence-corrected chi connectivity index (χ1v) is 12.9. The predicted molar refractivity (Wildman–Crippen MR) is 145 cm³/mol. The van der Waals surface area contributed by atoms with Crippen molar-refractivity contribution >= 4 is 33.2 Å². The van der Waals surface area contributed by atoms with Gasteiger partial charge >= 0.3 is 0 Å². The standard InChI is InChI=1S/C27H33FN6OS/c1-18(11-12-19-9-7-6-8-10-19)29-22(35)17-33(5)26-32-34-24(31-27(2,3)4)23(30-25(34)36-26)20-13-15-21(28)16-14-20/h6-10,13-16,18,31H,11-12,17H2,1-5H3,(H,29,35)/t18-/m1/s1. The zero-order chi connectivity index (χ0) is 25.9. The SMILES string of the molecule is C[C@H](CCc1ccccc1)NC(=O)CN(C)c1nn2c(NC(C)(C)C)c(-c3ccc(F)cc3)nc2s1. The number of halogens is 1. The van der Waals surface area contributed by atoms with Crippen molar-refractivity contribution in [2.24, 2.45) is 0 Å². The Morgan fingerprint density at radius 2 is 1.83 bits per heavy atom. The van der Waals surface area contributed by atoms with E-state index >= 15 is 0 Å². The Hall–Kier alpha value is -3.46. The molecule has 0 spiro atoms. The zero-order valence-electron chi connectivity index (χ0n) is 21.4. The molecule has 1 atom stereocenters. The predicted octanol–water partition coefficient (Wildman–Crippen LogP) is 5.38. The van der Waals surface area contributed by atoms with Crippen LogP contribution in [0.15, 0.2) is 54.6 Å². The number of hydrogen-bond donors (Lipinski definition) is 2. The van der Waals surface area contributed by atoms with Crippen molar-refractivity contribution in [2.75, 3.05) is 23.8 Å². The number of aromatic nitrogens is 3. The first kappa shape index (κ1) is 25.6. The van der Waals surface area contributed by atoms with Gasteiger partial charge in [-0.05, 0) is 70.4 Å². The molecule has 7 nitrogen and oxygen atoms in total. The summed E-state index contributed by atoms with van der Waals surface area (Å²) in [5, 5.41) is 12.0. The van der Waals surface area contributed by atoms with Gasteiger partial charge in [0.25, 0.3) is 0 Å². The number of likely N-dealkylation sites (N-methyl/N-ethyl adjacent to an activating group) is 1. The van der Waals surface area contributed by atoms with Crippen molar-refractivity contribution in [1.29, 1.82) is 0 Å². The Balaban J connectivity index is 1.46. The number of nitrogens with zero attached hydrogens (tertiary/aromatic N) is 4. The van der Waals surface area contributed by atoms with Crippen molar-refractivity contribution in [3.63, 3.8) is 0 Å². The summed E-state index contributed by atoms with van der Waals surface area (Å²) in [5.74, 6) is 0.393. The molecule has 2 aromatic carbocycles. The molecule has 2 heterocycles. The average molecular weight is 509 g/mol. The third-order valence-corrected chi connectivity index (χ3v) is 6.65. The molecular formula is C27H33FN6OS. The topological polar surface area (TPSA) is 74.6 Å². The molecule has 1 amide bonds. The monoisotopic (exact) mass is 508 g/mol. The first-order chi connectivity index (χ1) is 17.1. The summed E-state index contributed by atoms with van der Waals surface area (Å²) in [6.07, 6.45) is 1.79. The van der Waals surface area contributed by atoms with Crippen LogP contribution in [0.5, 0.6) is 0 Å². The highest BCUT2D eigenvalue weighted by Gasteiger charge is 2.23. The highest BCUT2D eigenvalue weighted by molar-refractivity contribution is 7.20. The summed E-state index contributed by atoms with van der Waals surface area (Å²) in [5.41, 5.74) is 2.54. The number of hydrogen-bond acceptors (Lipinski definition) is 6. The van der Waals surface area contributed by atoms with Gasteiger partial charge in [0.2, 0.25) is 16.0 Å². The lowest BCUT2D eigenvalue weighted by Crippen LogP contribution is -2.40. The van der Waals surface area contributed by atoms with Crippen LogP contribution in [0.3, 0.4) is 0 Å². The summed E-state index contributed by atoms with van der Waals surface area (Å²) < 4.78 is 15.2. The van der Waals surface area contributed by atoms with Crippen LogP contribution in [-0.4, -0.2) is 45.7 Å². The van der Waals surface area contributed by atoms with Gasteiger partial charge < -0.3 is 15.5 Å². The van der Waals surface area contributed by atoms with Gasteiger partial charge in [-0.15, -0.1) is 5.10 Å². The van der Waals surface area contributed by atoms with Crippen molar-refractivity contribution in [3.8, 4) is 11.3 Å². The maximum Gasteiger partial charge on any atom is 0.239 e. The number of carbonyl (C=O) groups excluding carboxylic acids is 1. The van der Waals surface area contributed by atoms with Crippen LogP contribution < -0.4 is 15.5 Å². The fourth-order valence-electron chi connectivity index (χ4n) is 3.87. The number of anilines is 2. The molecule has 36 heavy (non-hydrogen) atoms. The third-order valence-electron chi connectivity index (χ3n) is 5.63. The van der Waals surface area contributed by atoms with Crippen LogP contribution in [0.4, 0.5) is 15.3 Å². The molecule has 2 N–H and O–H groups in total. The molecule has 4 rings (SSSR count). The molecule has 2 aromatic heterocycles. The van der Waals surface area contributed by atoms with Crippen molar-refractivity contribution in [3.05, 3.63) is 66.0 Å². The van der Waals surface area contributed by atoms with Gasteiger partial charge in [-0.3, -0.25) is 4.79 Å². The number of imidazole rings is 1. The molecule has 4 aromatic rings. The van der Waals surface area contributed by atoms with E-state index in [-0.39, 0.29) is 29.8 Å². The van der Waals surface area contributed by atoms with E-state index in [4.69, 9.17) is 10.1 Å². The van der Waals surface area contributed by atoms with E-state index in [9.17, 15) is 9.18 Å². The molecular weight excluding hydrogens is 475 g/mol. The summed E-state index contributed by atoms with van der Waals surface area (Å²) in [6, 6.07) is 16.6. The second kappa shape index (κ2) is 10.7. The Labute approximate surface area is 215 Å². The van der Waals surface area contributed by atoms with E-state index < -0.39 is 0 Å². The smallest absolute Gasteiger partial charge is 0.239 e. The normalized spacial score (nSPS) is 12.5. The van der Waals surface area contributed by atoms with Crippen LogP contribution >= 0.6 is 11.3 Å². The van der Waals surface area contributed by atoms with Crippen molar-refractivity contribution in [2.45, 2.75) is 52.1 Å². The van der Waals surface area contributed by atoms with Gasteiger partial charge in [-0.25, -0.2) is 9.37 Å². The number of carbonyl (C=O) groups is 1. The average Bonchev–Trinajstić information content (AvgIpc) is 3.37. The van der Waals surface area contributed by atoms with Gasteiger partial charge in [0.05, 0.1) is 6.54 Å². The molecule has 0 unspecified atom stereocenters. The van der Waals surface area contributed by atoms with Gasteiger partial charge in [-0.2, -0.15) is 4.52 Å². The zero-order valence-corrected chi connectivity index (χ0v) is 22.2. The van der Waals surface area contributed by atoms with Gasteiger partial charge in [-0.1, -0.05) is 41.7 Å². The molecule has 0 bridgehead atoms. The van der Waals surface area contributed by atoms with Crippen LogP contribution in [0, 0.1) is 5.82 Å². The lowest BCUT2D eigenvalue weighted by molar-refractivity contribution is -0.120. The van der Waals surface area contributed by atoms with E-state index in [2.05, 4.69) is 43.5 Å². The van der Waals surface area contributed by atoms with E-state index in [0.29, 0.717) is 15.8 Å². The minimum absolute atomic E-state index is 0.0501. The largest absolute Gasteiger partial charge is 0.364 e. The molecule has 0 fully saturated rings. The second-order valence-corrected chi connectivity index (χ2v) is 11.1. The number of amides is 1. The number of rotatable bonds is 9. The fourth-order valence-corrected chi connectivity index (χ4v) is 4.73. The summed E-state index contributed by atoms with van der Waals surface area (Å²) in [7, 11) is 1.85. The second-order valence-electron chi connectivity index (χ2n) is 10.1. The maximum atomic E-state index is 13.5. The fraction of sp³-hybridized carbons (Fsp3) is 0.370. The van der Waals surface area contributed by atoms with Crippen LogP contribution in [0.25, 0.3) is 16.2 Å². The summed E-state index contributed by atoms with van der Waals surface area (Å²) in [4.78, 5) is 20.0. The molecule has 0 aliphatic heterocycles. The first-order valence-electron chi connectivity index (χ1n) is 12.1. The number of nitrogens with one attached hydrogen (secondary N) is 2. The summed E-state index contributed by atoms with van der Waals surface area (Å²) >= 11 is 1.41. The molecule has 9 heteroatoms. The van der Waals surface area contributed by atoms with E-state index in [1.54, 1.807) is 16.6 Å². The highest BCUT2D eigenvalue weighted by atomic mass is 32.1. The molecule has 190 valence electrons. The van der Waals surface area contributed by atoms with Gasteiger partial charge in [0.15, 0.2) is 5.82 Å². The molecule has 0 aliphatic rings. The molecule has 0 radical (unpaired) electrons. The quantitative estimate of drug-likeness (QED) is 0.318. The Morgan fingerprint density at radius 1 is 1.14 bits per heavy atom. The van der Waals surface area contributed by atoms with Crippen molar-refractivity contribution < 1.29 is 9.18 Å². The third kappa shape index (κ3) is 6.40. The van der Waals surface area contributed by atoms with Gasteiger partial charge in [0.1, 0.15) is 11.5 Å². The number of aryl methyl sites for hydroxylation is 1. The number of benzene rings is 2. The lowest BCUT2D eigenvalue weighted by atomic mass is 10.1. The number of fused-ring (bicyclic) bond motifs is 1. The Bertz CT molecular complexity index is 1310. The van der Waals surface area contributed by atoms with Crippen LogP contribution in [-0.2, 0) is 11.2 Å². The lowest BCUT2D eigenvalue weighted by Gasteiger charge is -2.22. The van der Waals surface area contributed by atoms with E-state index in [1.165, 1.54) is 29.0 Å². The Morgan fingerprint density at radius 3 is 2.50 bits per heavy atom. The van der Waals surface area contributed by atoms with Crippen LogP contribution in [0.2, 0.25) is 0 Å². The Kier molecular flexibility index (Phi) is 7.59. The van der Waals surface area contributed by atoms with Crippen LogP contribution in [0.1, 0.15) is 39.7 Å². The molecule has 0 aliphatic carbocycles. The van der Waals surface area contributed by atoms with Crippen molar-refractivity contribution in [1.82, 2.24) is 19.9 Å². The van der Waals surface area contributed by atoms with E-state index in [1.807, 2.05) is 37.1 Å². The highest BCUT2D eigenvalue weighted by Crippen LogP contribution is 2.34. The minimum Gasteiger partial charge on any atom is -0.364 e. The van der Waals surface area contributed by atoms with Gasteiger partial charge in [0, 0.05) is 24.2 Å².